The molecule has 1 aliphatic rings. The summed E-state index contributed by atoms with van der Waals surface area (Å²) < 4.78 is 11.9. The van der Waals surface area contributed by atoms with E-state index in [0.717, 1.165) is 53.7 Å². The summed E-state index contributed by atoms with van der Waals surface area (Å²) in [4.78, 5) is 9.21. The van der Waals surface area contributed by atoms with Gasteiger partial charge in [-0.15, -0.1) is 24.0 Å². The average Bonchev–Trinajstić information content (AvgIpc) is 3.25. The Labute approximate surface area is 196 Å². The molecule has 0 unspecified atom stereocenters. The lowest BCUT2D eigenvalue weighted by Crippen LogP contribution is -2.37. The average molecular weight is 524 g/mol. The summed E-state index contributed by atoms with van der Waals surface area (Å²) in [6.45, 7) is 6.05. The number of benzene rings is 1. The van der Waals surface area contributed by atoms with Crippen LogP contribution in [0.4, 0.5) is 0 Å². The zero-order valence-electron chi connectivity index (χ0n) is 18.1. The molecule has 0 bridgehead atoms. The molecule has 0 saturated heterocycles. The normalized spacial score (nSPS) is 14.2. The van der Waals surface area contributed by atoms with Crippen LogP contribution in [-0.4, -0.2) is 30.7 Å². The van der Waals surface area contributed by atoms with Gasteiger partial charge in [-0.05, 0) is 57.2 Å². The number of hydrogen-bond donors (Lipinski definition) is 2. The van der Waals surface area contributed by atoms with Crippen molar-refractivity contribution in [3.63, 3.8) is 0 Å². The minimum absolute atomic E-state index is 0. The molecule has 1 heterocycles. The van der Waals surface area contributed by atoms with E-state index in [2.05, 4.69) is 41.6 Å². The third kappa shape index (κ3) is 6.75. The summed E-state index contributed by atoms with van der Waals surface area (Å²) in [6.07, 6.45) is 6.76. The van der Waals surface area contributed by atoms with Gasteiger partial charge in [-0.25, -0.2) is 4.99 Å². The zero-order chi connectivity index (χ0) is 20.5. The van der Waals surface area contributed by atoms with Crippen LogP contribution in [0.15, 0.2) is 41.5 Å². The number of pyridine rings is 1. The summed E-state index contributed by atoms with van der Waals surface area (Å²) in [6, 6.07) is 10.0. The van der Waals surface area contributed by atoms with Crippen molar-refractivity contribution in [1.82, 2.24) is 15.6 Å². The third-order valence-electron chi connectivity index (χ3n) is 5.16. The molecule has 164 valence electrons. The number of nitrogens with one attached hydrogen (secondary N) is 2. The van der Waals surface area contributed by atoms with Gasteiger partial charge in [0.25, 0.3) is 0 Å². The smallest absolute Gasteiger partial charge is 0.191 e. The Balaban J connectivity index is 0.00000320. The summed E-state index contributed by atoms with van der Waals surface area (Å²) in [5.74, 6) is 2.35. The van der Waals surface area contributed by atoms with Gasteiger partial charge in [0, 0.05) is 18.3 Å². The van der Waals surface area contributed by atoms with Crippen LogP contribution in [-0.2, 0) is 13.1 Å². The molecule has 30 heavy (non-hydrogen) atoms. The molecule has 3 rings (SSSR count). The minimum Gasteiger partial charge on any atom is -0.493 e. The first-order valence-corrected chi connectivity index (χ1v) is 10.5. The highest BCUT2D eigenvalue weighted by molar-refractivity contribution is 14.0. The van der Waals surface area contributed by atoms with Gasteiger partial charge in [-0.1, -0.05) is 18.2 Å². The van der Waals surface area contributed by atoms with Crippen LogP contribution in [0.25, 0.3) is 0 Å². The quantitative estimate of drug-likeness (QED) is 0.301. The predicted molar refractivity (Wildman–Crippen MR) is 132 cm³/mol. The second-order valence-electron chi connectivity index (χ2n) is 7.29. The molecule has 0 amide bonds. The van der Waals surface area contributed by atoms with Crippen LogP contribution < -0.4 is 20.1 Å². The maximum atomic E-state index is 6.32. The van der Waals surface area contributed by atoms with E-state index in [-0.39, 0.29) is 30.1 Å². The number of rotatable bonds is 8. The summed E-state index contributed by atoms with van der Waals surface area (Å²) in [7, 11) is 1.69. The van der Waals surface area contributed by atoms with Crippen molar-refractivity contribution >= 4 is 29.9 Å². The molecular formula is C23H33IN4O2. The fraction of sp³-hybridized carbons (Fsp3) is 0.478. The number of halogens is 1. The molecule has 2 N–H and O–H groups in total. The van der Waals surface area contributed by atoms with Crippen molar-refractivity contribution in [3.8, 4) is 11.5 Å². The number of aliphatic imine (C=N–C) groups is 1. The first kappa shape index (κ1) is 24.2. The molecule has 1 fully saturated rings. The van der Waals surface area contributed by atoms with Crippen molar-refractivity contribution in [2.24, 2.45) is 4.99 Å². The molecule has 0 atom stereocenters. The second kappa shape index (κ2) is 12.6. The van der Waals surface area contributed by atoms with E-state index in [4.69, 9.17) is 14.5 Å². The Morgan fingerprint density at radius 1 is 1.17 bits per heavy atom. The number of aryl methyl sites for hydroxylation is 1. The standard InChI is InChI=1S/C23H32N4O2.HI/c1-4-24-23(27-16-20-17(2)9-8-14-25-20)26-15-18-10-7-13-21(28-3)22(18)29-19-11-5-6-12-19;/h7-10,13-14,19H,4-6,11-12,15-16H2,1-3H3,(H2,24,26,27);1H. The number of para-hydroxylation sites is 1. The minimum atomic E-state index is 0. The number of aromatic nitrogens is 1. The molecule has 2 aromatic rings. The Hall–Kier alpha value is -2.03. The summed E-state index contributed by atoms with van der Waals surface area (Å²) >= 11 is 0. The van der Waals surface area contributed by atoms with Gasteiger partial charge in [0.1, 0.15) is 0 Å². The Kier molecular flexibility index (Phi) is 10.2. The van der Waals surface area contributed by atoms with Crippen molar-refractivity contribution in [1.29, 1.82) is 0 Å². The van der Waals surface area contributed by atoms with Gasteiger partial charge in [0.05, 0.1) is 32.0 Å². The largest absolute Gasteiger partial charge is 0.493 e. The molecule has 1 aromatic carbocycles. The van der Waals surface area contributed by atoms with E-state index in [1.807, 2.05) is 24.4 Å². The van der Waals surface area contributed by atoms with E-state index < -0.39 is 0 Å². The fourth-order valence-corrected chi connectivity index (χ4v) is 3.53. The van der Waals surface area contributed by atoms with Crippen LogP contribution in [0, 0.1) is 6.92 Å². The van der Waals surface area contributed by atoms with Crippen molar-refractivity contribution < 1.29 is 9.47 Å². The lowest BCUT2D eigenvalue weighted by atomic mass is 10.1. The summed E-state index contributed by atoms with van der Waals surface area (Å²) in [5, 5.41) is 6.68. The maximum Gasteiger partial charge on any atom is 0.191 e. The highest BCUT2D eigenvalue weighted by Gasteiger charge is 2.20. The van der Waals surface area contributed by atoms with E-state index in [1.54, 1.807) is 7.11 Å². The molecule has 1 saturated carbocycles. The van der Waals surface area contributed by atoms with Gasteiger partial charge < -0.3 is 20.1 Å². The third-order valence-corrected chi connectivity index (χ3v) is 5.16. The fourth-order valence-electron chi connectivity index (χ4n) is 3.53. The highest BCUT2D eigenvalue weighted by atomic mass is 127. The van der Waals surface area contributed by atoms with Crippen LogP contribution in [0.1, 0.15) is 49.4 Å². The van der Waals surface area contributed by atoms with Gasteiger partial charge in [-0.3, -0.25) is 4.98 Å². The van der Waals surface area contributed by atoms with E-state index in [9.17, 15) is 0 Å². The summed E-state index contributed by atoms with van der Waals surface area (Å²) in [5.41, 5.74) is 3.21. The lowest BCUT2D eigenvalue weighted by Gasteiger charge is -2.19. The first-order valence-electron chi connectivity index (χ1n) is 10.5. The van der Waals surface area contributed by atoms with Gasteiger partial charge >= 0.3 is 0 Å². The lowest BCUT2D eigenvalue weighted by molar-refractivity contribution is 0.198. The van der Waals surface area contributed by atoms with Gasteiger partial charge in [0.15, 0.2) is 17.5 Å². The number of methoxy groups -OCH3 is 1. The zero-order valence-corrected chi connectivity index (χ0v) is 20.4. The number of nitrogens with zero attached hydrogens (tertiary/aromatic N) is 2. The molecule has 7 heteroatoms. The predicted octanol–water partition coefficient (Wildman–Crippen LogP) is 4.59. The SMILES string of the molecule is CCNC(=NCc1cccc(OC)c1OC1CCCC1)NCc1ncccc1C.I. The first-order chi connectivity index (χ1) is 14.2. The molecule has 1 aromatic heterocycles. The maximum absolute atomic E-state index is 6.32. The second-order valence-corrected chi connectivity index (χ2v) is 7.29. The number of hydrogen-bond acceptors (Lipinski definition) is 4. The molecule has 1 aliphatic carbocycles. The number of ether oxygens (including phenoxy) is 2. The van der Waals surface area contributed by atoms with E-state index >= 15 is 0 Å². The van der Waals surface area contributed by atoms with Gasteiger partial charge in [0.2, 0.25) is 0 Å². The number of guanidine groups is 1. The molecule has 6 nitrogen and oxygen atoms in total. The van der Waals surface area contributed by atoms with Crippen LogP contribution in [0.5, 0.6) is 11.5 Å². The van der Waals surface area contributed by atoms with Crippen LogP contribution in [0.3, 0.4) is 0 Å². The Morgan fingerprint density at radius 3 is 2.67 bits per heavy atom. The molecular weight excluding hydrogens is 491 g/mol. The molecule has 0 aliphatic heterocycles. The van der Waals surface area contributed by atoms with Crippen molar-refractivity contribution in [2.75, 3.05) is 13.7 Å². The van der Waals surface area contributed by atoms with Crippen molar-refractivity contribution in [3.05, 3.63) is 53.3 Å². The van der Waals surface area contributed by atoms with Crippen LogP contribution in [0.2, 0.25) is 0 Å². The van der Waals surface area contributed by atoms with E-state index in [1.165, 1.54) is 12.8 Å². The molecule has 0 radical (unpaired) electrons. The van der Waals surface area contributed by atoms with Crippen molar-refractivity contribution in [2.45, 2.75) is 58.7 Å². The Bertz CT molecular complexity index is 823. The Morgan fingerprint density at radius 2 is 1.97 bits per heavy atom. The molecule has 0 spiro atoms. The highest BCUT2D eigenvalue weighted by Crippen LogP contribution is 2.35. The van der Waals surface area contributed by atoms with E-state index in [0.29, 0.717) is 13.1 Å². The van der Waals surface area contributed by atoms with Gasteiger partial charge in [-0.2, -0.15) is 0 Å². The monoisotopic (exact) mass is 524 g/mol. The van der Waals surface area contributed by atoms with Crippen LogP contribution >= 0.6 is 24.0 Å². The topological polar surface area (TPSA) is 67.8 Å².